The van der Waals surface area contributed by atoms with Gasteiger partial charge in [-0.1, -0.05) is 129 Å². The molecule has 0 aromatic heterocycles. The van der Waals surface area contributed by atoms with E-state index in [0.29, 0.717) is 0 Å². The highest BCUT2D eigenvalue weighted by molar-refractivity contribution is 7.88. The molecule has 1 atom stereocenters. The Kier molecular flexibility index (Phi) is 21.7. The molecule has 0 aliphatic rings. The minimum Gasteiger partial charge on any atom is -0.158 e. The van der Waals surface area contributed by atoms with E-state index in [1.807, 2.05) is 0 Å². The van der Waals surface area contributed by atoms with Crippen molar-refractivity contribution in [3.63, 3.8) is 0 Å². The Balaban J connectivity index is 3.06. The summed E-state index contributed by atoms with van der Waals surface area (Å²) in [4.78, 5) is 0. The molecule has 0 saturated carbocycles. The minimum atomic E-state index is -3.97. The monoisotopic (exact) mass is 421 g/mol. The van der Waals surface area contributed by atoms with Crippen LogP contribution < -0.4 is 5.90 Å². The first-order valence-electron chi connectivity index (χ1n) is 11.9. The molecule has 0 aliphatic carbocycles. The topological polar surface area (TPSA) is 81.5 Å². The second-order valence-corrected chi connectivity index (χ2v) is 9.29. The standard InChI is InChI=1S/C22H47NO4S/c1-2-3-4-5-6-7-8-9-10-11-12-13-14-15-16-17-18-19-20-21-22-26-28(24,25)27-23/h2-23H2,1H3/q+1. The van der Waals surface area contributed by atoms with Gasteiger partial charge in [0, 0.05) is 4.21 Å². The zero-order valence-electron chi connectivity index (χ0n) is 18.5. The van der Waals surface area contributed by atoms with Crippen molar-refractivity contribution in [2.24, 2.45) is 5.90 Å². The summed E-state index contributed by atoms with van der Waals surface area (Å²) in [7, 11) is -3.97. The fraction of sp³-hybridized carbons (Fsp3) is 1.00. The summed E-state index contributed by atoms with van der Waals surface area (Å²) in [6, 6.07) is 0. The van der Waals surface area contributed by atoms with Gasteiger partial charge in [0.1, 0.15) is 11.2 Å². The number of nitrogens with two attached hydrogens (primary N) is 1. The molecule has 1 unspecified atom stereocenters. The number of unbranched alkanes of at least 4 members (excludes halogenated alkanes) is 19. The van der Waals surface area contributed by atoms with E-state index < -0.39 is 10.8 Å². The first-order chi connectivity index (χ1) is 13.6. The van der Waals surface area contributed by atoms with E-state index >= 15 is 0 Å². The van der Waals surface area contributed by atoms with E-state index in [1.165, 1.54) is 109 Å². The van der Waals surface area contributed by atoms with Crippen molar-refractivity contribution in [3.05, 3.63) is 0 Å². The molecule has 0 amide bonds. The average Bonchev–Trinajstić information content (AvgIpc) is 2.69. The molecule has 0 saturated heterocycles. The highest BCUT2D eigenvalue weighted by Gasteiger charge is 2.31. The first kappa shape index (κ1) is 28.0. The molecule has 0 spiro atoms. The van der Waals surface area contributed by atoms with Crippen LogP contribution in [-0.2, 0) is 28.0 Å². The van der Waals surface area contributed by atoms with Crippen LogP contribution in [0.2, 0.25) is 0 Å². The Morgan fingerprint density at radius 3 is 1.14 bits per heavy atom. The van der Waals surface area contributed by atoms with Crippen molar-refractivity contribution in [1.82, 2.24) is 0 Å². The lowest BCUT2D eigenvalue weighted by Crippen LogP contribution is -2.20. The summed E-state index contributed by atoms with van der Waals surface area (Å²) in [5.41, 5.74) is 0. The van der Waals surface area contributed by atoms with Crippen LogP contribution in [0.3, 0.4) is 0 Å². The van der Waals surface area contributed by atoms with E-state index in [-0.39, 0.29) is 6.61 Å². The van der Waals surface area contributed by atoms with E-state index in [4.69, 9.17) is 0 Å². The van der Waals surface area contributed by atoms with E-state index in [2.05, 4.69) is 21.3 Å². The van der Waals surface area contributed by atoms with Crippen LogP contribution in [0.15, 0.2) is 0 Å². The van der Waals surface area contributed by atoms with Gasteiger partial charge in [-0.05, 0) is 10.7 Å². The highest BCUT2D eigenvalue weighted by Crippen LogP contribution is 2.15. The maximum atomic E-state index is 10.8. The van der Waals surface area contributed by atoms with Crippen molar-refractivity contribution in [3.8, 4) is 0 Å². The normalized spacial score (nSPS) is 13.7. The third-order valence-corrected chi connectivity index (χ3v) is 6.03. The van der Waals surface area contributed by atoms with Gasteiger partial charge in [-0.15, -0.1) is 4.18 Å². The highest BCUT2D eigenvalue weighted by atomic mass is 32.3. The molecular formula is C22H47NO4S+. The maximum Gasteiger partial charge on any atom is 0.564 e. The van der Waals surface area contributed by atoms with Crippen LogP contribution in [0.1, 0.15) is 135 Å². The molecule has 28 heavy (non-hydrogen) atoms. The number of hydrogen-bond acceptors (Lipinski definition) is 4. The Labute approximate surface area is 176 Å². The van der Waals surface area contributed by atoms with Crippen molar-refractivity contribution in [2.75, 3.05) is 6.61 Å². The summed E-state index contributed by atoms with van der Waals surface area (Å²) < 4.78 is 29.9. The predicted octanol–water partition coefficient (Wildman–Crippen LogP) is 7.39. The van der Waals surface area contributed by atoms with Crippen LogP contribution in [0.5, 0.6) is 0 Å². The van der Waals surface area contributed by atoms with E-state index in [1.54, 1.807) is 0 Å². The number of hydrogen-bond donors (Lipinski definition) is 1. The van der Waals surface area contributed by atoms with Crippen LogP contribution in [0.4, 0.5) is 0 Å². The lowest BCUT2D eigenvalue weighted by atomic mass is 10.0. The molecule has 0 aromatic rings. The van der Waals surface area contributed by atoms with Gasteiger partial charge in [-0.3, -0.25) is 0 Å². The van der Waals surface area contributed by atoms with Gasteiger partial charge in [-0.25, -0.2) is 0 Å². The summed E-state index contributed by atoms with van der Waals surface area (Å²) in [5.74, 6) is 4.58. The third kappa shape index (κ3) is 22.3. The van der Waals surface area contributed by atoms with Gasteiger partial charge in [0.2, 0.25) is 0 Å². The van der Waals surface area contributed by atoms with Crippen molar-refractivity contribution in [2.45, 2.75) is 135 Å². The third-order valence-electron chi connectivity index (χ3n) is 5.34. The van der Waals surface area contributed by atoms with Crippen LogP contribution >= 0.6 is 0 Å². The predicted molar refractivity (Wildman–Crippen MR) is 118 cm³/mol. The zero-order valence-corrected chi connectivity index (χ0v) is 19.3. The van der Waals surface area contributed by atoms with Crippen LogP contribution in [0, 0.1) is 0 Å². The van der Waals surface area contributed by atoms with Gasteiger partial charge in [0.05, 0.1) is 0 Å². The second-order valence-electron chi connectivity index (χ2n) is 8.04. The SMILES string of the molecule is CCCCCCCCCCCCCCCCCCCCCCO[S+]([O])(=O)ON. The van der Waals surface area contributed by atoms with Gasteiger partial charge < -0.3 is 0 Å². The van der Waals surface area contributed by atoms with Crippen LogP contribution in [-0.4, -0.2) is 6.61 Å². The lowest BCUT2D eigenvalue weighted by Gasteiger charge is -2.04. The zero-order chi connectivity index (χ0) is 20.8. The molecule has 169 valence electrons. The second kappa shape index (κ2) is 21.7. The summed E-state index contributed by atoms with van der Waals surface area (Å²) in [5, 5.41) is 0. The lowest BCUT2D eigenvalue weighted by molar-refractivity contribution is 0.152. The fourth-order valence-corrected chi connectivity index (χ4v) is 3.92. The van der Waals surface area contributed by atoms with Gasteiger partial charge in [0.25, 0.3) is 0 Å². The molecule has 0 heterocycles. The first-order valence-corrected chi connectivity index (χ1v) is 13.2. The summed E-state index contributed by atoms with van der Waals surface area (Å²) >= 11 is 0. The summed E-state index contributed by atoms with van der Waals surface area (Å²) in [6.45, 7) is 2.43. The minimum absolute atomic E-state index is 0.151. The molecule has 1 radical (unpaired) electrons. The molecule has 0 fully saturated rings. The number of rotatable bonds is 23. The Hall–Kier alpha value is -0.0100. The van der Waals surface area contributed by atoms with Crippen LogP contribution in [0.25, 0.3) is 0 Å². The van der Waals surface area contributed by atoms with Crippen molar-refractivity contribution in [1.29, 1.82) is 0 Å². The van der Waals surface area contributed by atoms with Crippen molar-refractivity contribution < 1.29 is 17.2 Å². The Bertz CT molecular complexity index is 355. The largest absolute Gasteiger partial charge is 0.564 e. The molecular weight excluding hydrogens is 374 g/mol. The summed E-state index contributed by atoms with van der Waals surface area (Å²) in [6.07, 6.45) is 26.4. The maximum absolute atomic E-state index is 10.8. The Morgan fingerprint density at radius 1 is 0.571 bits per heavy atom. The van der Waals surface area contributed by atoms with Gasteiger partial charge >= 0.3 is 10.8 Å². The molecule has 0 aliphatic heterocycles. The fourth-order valence-electron chi connectivity index (χ4n) is 3.55. The van der Waals surface area contributed by atoms with Gasteiger partial charge in [-0.2, -0.15) is 5.90 Å². The molecule has 5 nitrogen and oxygen atoms in total. The van der Waals surface area contributed by atoms with E-state index in [9.17, 15) is 8.76 Å². The Morgan fingerprint density at radius 2 is 0.857 bits per heavy atom. The quantitative estimate of drug-likeness (QED) is 0.106. The molecule has 6 heteroatoms. The molecule has 0 bridgehead atoms. The molecule has 0 rings (SSSR count). The van der Waals surface area contributed by atoms with Crippen molar-refractivity contribution >= 4 is 10.8 Å². The average molecular weight is 422 g/mol. The molecule has 0 aromatic carbocycles. The smallest absolute Gasteiger partial charge is 0.158 e. The molecule has 2 N–H and O–H groups in total. The van der Waals surface area contributed by atoms with E-state index in [0.717, 1.165) is 19.3 Å². The van der Waals surface area contributed by atoms with Gasteiger partial charge in [0.15, 0.2) is 0 Å².